The van der Waals surface area contributed by atoms with Crippen LogP contribution in [0.25, 0.3) is 0 Å². The summed E-state index contributed by atoms with van der Waals surface area (Å²) in [5.74, 6) is 0. The van der Waals surface area contributed by atoms with E-state index in [1.54, 1.807) is 11.1 Å². The van der Waals surface area contributed by atoms with Crippen LogP contribution in [0.2, 0.25) is 0 Å². The molecule has 0 saturated heterocycles. The van der Waals surface area contributed by atoms with Crippen LogP contribution in [0.5, 0.6) is 0 Å². The fourth-order valence-corrected chi connectivity index (χ4v) is 0.627. The first kappa shape index (κ1) is 4.76. The molecular formula is C7H11+. The molecule has 0 heteroatoms. The van der Waals surface area contributed by atoms with Gasteiger partial charge in [0.2, 0.25) is 0 Å². The molecule has 0 nitrogen and oxygen atoms in total. The van der Waals surface area contributed by atoms with Gasteiger partial charge in [-0.1, -0.05) is 0 Å². The number of allylic oxidation sites excluding steroid dienone is 2. The quantitative estimate of drug-likeness (QED) is 0.438. The highest BCUT2D eigenvalue weighted by Crippen LogP contribution is 2.30. The number of hydrogen-bond donors (Lipinski definition) is 0. The highest BCUT2D eigenvalue weighted by Gasteiger charge is 2.25. The molecule has 1 saturated carbocycles. The van der Waals surface area contributed by atoms with E-state index in [1.165, 1.54) is 12.8 Å². The van der Waals surface area contributed by atoms with Gasteiger partial charge in [-0.25, -0.2) is 0 Å². The topological polar surface area (TPSA) is 0 Å². The van der Waals surface area contributed by atoms with E-state index >= 15 is 0 Å². The second-order valence-electron chi connectivity index (χ2n) is 2.07. The van der Waals surface area contributed by atoms with Crippen molar-refractivity contribution in [3.63, 3.8) is 0 Å². The van der Waals surface area contributed by atoms with Crippen molar-refractivity contribution in [2.75, 3.05) is 0 Å². The second kappa shape index (κ2) is 1.61. The number of hydrogen-bond acceptors (Lipinski definition) is 0. The Labute approximate surface area is 45.2 Å². The van der Waals surface area contributed by atoms with Crippen molar-refractivity contribution in [3.05, 3.63) is 17.6 Å². The molecule has 0 heterocycles. The van der Waals surface area contributed by atoms with E-state index in [9.17, 15) is 0 Å². The zero-order chi connectivity index (χ0) is 5.28. The van der Waals surface area contributed by atoms with Crippen LogP contribution < -0.4 is 0 Å². The first-order chi connectivity index (χ1) is 3.34. The molecule has 0 aromatic heterocycles. The zero-order valence-electron chi connectivity index (χ0n) is 4.99. The summed E-state index contributed by atoms with van der Waals surface area (Å²) < 4.78 is 0. The van der Waals surface area contributed by atoms with Crippen LogP contribution in [0.4, 0.5) is 0 Å². The molecule has 0 aliphatic heterocycles. The number of rotatable bonds is 1. The van der Waals surface area contributed by atoms with E-state index in [4.69, 9.17) is 0 Å². The minimum atomic E-state index is 1.23. The maximum atomic E-state index is 2.28. The van der Waals surface area contributed by atoms with Crippen LogP contribution in [0.3, 0.4) is 0 Å². The zero-order valence-corrected chi connectivity index (χ0v) is 4.99. The van der Waals surface area contributed by atoms with Crippen LogP contribution in [0.1, 0.15) is 26.7 Å². The van der Waals surface area contributed by atoms with Gasteiger partial charge >= 0.3 is 0 Å². The summed E-state index contributed by atoms with van der Waals surface area (Å²) in [4.78, 5) is 0. The molecule has 1 aliphatic rings. The highest BCUT2D eigenvalue weighted by atomic mass is 14.2. The maximum absolute atomic E-state index is 2.28. The first-order valence-corrected chi connectivity index (χ1v) is 2.86. The van der Waals surface area contributed by atoms with Gasteiger partial charge in [0.1, 0.15) is 5.57 Å². The molecule has 1 rings (SSSR count). The molecule has 0 spiro atoms. The third-order valence-corrected chi connectivity index (χ3v) is 1.49. The lowest BCUT2D eigenvalue weighted by atomic mass is 10.2. The molecule has 0 atom stereocenters. The summed E-state index contributed by atoms with van der Waals surface area (Å²) in [6.07, 6.45) is 4.77. The van der Waals surface area contributed by atoms with Gasteiger partial charge in [0, 0.05) is 13.3 Å². The molecule has 0 aromatic carbocycles. The Balaban J connectivity index is 2.49. The van der Waals surface area contributed by atoms with Gasteiger partial charge < -0.3 is 0 Å². The fraction of sp³-hybridized carbons (Fsp3) is 0.571. The summed E-state index contributed by atoms with van der Waals surface area (Å²) >= 11 is 0. The smallest absolute Gasteiger partial charge is 0.0437 e. The third-order valence-electron chi connectivity index (χ3n) is 1.49. The van der Waals surface area contributed by atoms with E-state index in [0.29, 0.717) is 0 Å². The van der Waals surface area contributed by atoms with Crippen molar-refractivity contribution in [3.8, 4) is 0 Å². The van der Waals surface area contributed by atoms with E-state index in [-0.39, 0.29) is 0 Å². The lowest BCUT2D eigenvalue weighted by Gasteiger charge is -1.76. The van der Waals surface area contributed by atoms with Crippen molar-refractivity contribution in [1.82, 2.24) is 0 Å². The van der Waals surface area contributed by atoms with Crippen LogP contribution in [0, 0.1) is 6.42 Å². The van der Waals surface area contributed by atoms with Gasteiger partial charge in [0.15, 0.2) is 0 Å². The van der Waals surface area contributed by atoms with Crippen molar-refractivity contribution in [1.29, 1.82) is 0 Å². The lowest BCUT2D eigenvalue weighted by molar-refractivity contribution is 1.09. The Morgan fingerprint density at radius 2 is 2.43 bits per heavy atom. The maximum Gasteiger partial charge on any atom is 0.128 e. The Hall–Kier alpha value is -0.390. The molecule has 0 bridgehead atoms. The van der Waals surface area contributed by atoms with Gasteiger partial charge in [-0.3, -0.25) is 0 Å². The van der Waals surface area contributed by atoms with Crippen molar-refractivity contribution in [2.24, 2.45) is 0 Å². The Morgan fingerprint density at radius 1 is 1.86 bits per heavy atom. The van der Waals surface area contributed by atoms with Crippen LogP contribution >= 0.6 is 0 Å². The van der Waals surface area contributed by atoms with E-state index in [0.717, 1.165) is 0 Å². The van der Waals surface area contributed by atoms with Crippen LogP contribution in [-0.4, -0.2) is 0 Å². The molecule has 0 amide bonds. The van der Waals surface area contributed by atoms with Crippen molar-refractivity contribution >= 4 is 0 Å². The fourth-order valence-electron chi connectivity index (χ4n) is 0.627. The third kappa shape index (κ3) is 0.986. The molecular weight excluding hydrogens is 84.1 g/mol. The van der Waals surface area contributed by atoms with Crippen molar-refractivity contribution in [2.45, 2.75) is 26.7 Å². The first-order valence-electron chi connectivity index (χ1n) is 2.86. The normalized spacial score (nSPS) is 23.7. The molecule has 0 aromatic rings. The molecule has 0 radical (unpaired) electrons. The summed E-state index contributed by atoms with van der Waals surface area (Å²) in [7, 11) is 0. The lowest BCUT2D eigenvalue weighted by Crippen LogP contribution is -1.66. The summed E-state index contributed by atoms with van der Waals surface area (Å²) in [5, 5.41) is 0. The molecule has 0 unspecified atom stereocenters. The molecule has 1 fully saturated rings. The summed E-state index contributed by atoms with van der Waals surface area (Å²) in [6.45, 7) is 4.41. The SMILES string of the molecule is CCC(C)=C1[CH+]C1. The predicted molar refractivity (Wildman–Crippen MR) is 31.9 cm³/mol. The summed E-state index contributed by atoms with van der Waals surface area (Å²) in [5.41, 5.74) is 3.16. The average Bonchev–Trinajstić information content (AvgIpc) is 2.44. The Kier molecular flexibility index (Phi) is 1.09. The molecule has 0 N–H and O–H groups in total. The Bertz CT molecular complexity index is 92.6. The van der Waals surface area contributed by atoms with Gasteiger partial charge in [0.05, 0.1) is 18.4 Å². The predicted octanol–water partition coefficient (Wildman–Crippen LogP) is 2.32. The van der Waals surface area contributed by atoms with Gasteiger partial charge in [-0.15, -0.1) is 0 Å². The monoisotopic (exact) mass is 95.1 g/mol. The van der Waals surface area contributed by atoms with Gasteiger partial charge in [-0.2, -0.15) is 0 Å². The second-order valence-corrected chi connectivity index (χ2v) is 2.07. The Morgan fingerprint density at radius 3 is 2.57 bits per heavy atom. The molecule has 7 heavy (non-hydrogen) atoms. The average molecular weight is 95.2 g/mol. The van der Waals surface area contributed by atoms with Gasteiger partial charge in [0.25, 0.3) is 0 Å². The van der Waals surface area contributed by atoms with Gasteiger partial charge in [-0.05, 0) is 6.92 Å². The largest absolute Gasteiger partial charge is 0.128 e. The minimum Gasteiger partial charge on any atom is -0.0437 e. The van der Waals surface area contributed by atoms with E-state index in [2.05, 4.69) is 20.3 Å². The minimum absolute atomic E-state index is 1.23. The van der Waals surface area contributed by atoms with Crippen LogP contribution in [0.15, 0.2) is 11.1 Å². The highest BCUT2D eigenvalue weighted by molar-refractivity contribution is 5.36. The molecule has 1 aliphatic carbocycles. The van der Waals surface area contributed by atoms with E-state index < -0.39 is 0 Å². The molecule has 38 valence electrons. The summed E-state index contributed by atoms with van der Waals surface area (Å²) in [6, 6.07) is 0. The van der Waals surface area contributed by atoms with Crippen LogP contribution in [-0.2, 0) is 0 Å². The van der Waals surface area contributed by atoms with Crippen molar-refractivity contribution < 1.29 is 0 Å². The standard InChI is InChI=1S/C7H11/c1-3-6(2)7-4-5-7/h4H,3,5H2,1-2H3/q+1. The van der Waals surface area contributed by atoms with E-state index in [1.807, 2.05) is 0 Å².